The quantitative estimate of drug-likeness (QED) is 0.926. The van der Waals surface area contributed by atoms with Gasteiger partial charge in [-0.2, -0.15) is 0 Å². The molecule has 0 heterocycles. The Labute approximate surface area is 121 Å². The largest absolute Gasteiger partial charge is 0.489 e. The number of ether oxygens (including phenoxy) is 1. The van der Waals surface area contributed by atoms with E-state index in [0.717, 1.165) is 34.2 Å². The lowest BCUT2D eigenvalue weighted by Gasteiger charge is -2.09. The Morgan fingerprint density at radius 1 is 1.21 bits per heavy atom. The summed E-state index contributed by atoms with van der Waals surface area (Å²) in [6.07, 6.45) is 1.46. The number of rotatable bonds is 3. The van der Waals surface area contributed by atoms with Gasteiger partial charge in [0.05, 0.1) is 6.10 Å². The zero-order chi connectivity index (χ0) is 13.2. The van der Waals surface area contributed by atoms with Gasteiger partial charge in [-0.05, 0) is 53.8 Å². The minimum Gasteiger partial charge on any atom is -0.489 e. The van der Waals surface area contributed by atoms with Crippen LogP contribution < -0.4 is 4.74 Å². The number of aliphatic hydroxyl groups is 1. The van der Waals surface area contributed by atoms with E-state index < -0.39 is 0 Å². The summed E-state index contributed by atoms with van der Waals surface area (Å²) < 4.78 is 6.87. The van der Waals surface area contributed by atoms with Crippen LogP contribution in [0.2, 0.25) is 0 Å². The van der Waals surface area contributed by atoms with Crippen LogP contribution in [0.3, 0.4) is 0 Å². The van der Waals surface area contributed by atoms with Crippen LogP contribution >= 0.6 is 15.9 Å². The molecule has 0 fully saturated rings. The maximum absolute atomic E-state index is 9.76. The molecule has 1 atom stereocenters. The van der Waals surface area contributed by atoms with Crippen LogP contribution in [0.1, 0.15) is 29.2 Å². The Morgan fingerprint density at radius 3 is 2.95 bits per heavy atom. The second-order valence-electron chi connectivity index (χ2n) is 4.83. The fourth-order valence-corrected chi connectivity index (χ4v) is 2.90. The van der Waals surface area contributed by atoms with Gasteiger partial charge in [0.1, 0.15) is 12.4 Å². The van der Waals surface area contributed by atoms with Gasteiger partial charge < -0.3 is 9.84 Å². The smallest absolute Gasteiger partial charge is 0.120 e. The second kappa shape index (κ2) is 5.35. The highest BCUT2D eigenvalue weighted by atomic mass is 79.9. The van der Waals surface area contributed by atoms with Gasteiger partial charge in [0.2, 0.25) is 0 Å². The molecule has 98 valence electrons. The molecular formula is C16H15BrO2. The van der Waals surface area contributed by atoms with Crippen molar-refractivity contribution in [2.75, 3.05) is 0 Å². The fraction of sp³-hybridized carbons (Fsp3) is 0.250. The van der Waals surface area contributed by atoms with E-state index in [9.17, 15) is 5.11 Å². The van der Waals surface area contributed by atoms with Gasteiger partial charge in [0.15, 0.2) is 0 Å². The monoisotopic (exact) mass is 318 g/mol. The van der Waals surface area contributed by atoms with E-state index in [1.54, 1.807) is 0 Å². The van der Waals surface area contributed by atoms with Crippen LogP contribution in [-0.4, -0.2) is 5.11 Å². The Morgan fingerprint density at radius 2 is 2.11 bits per heavy atom. The van der Waals surface area contributed by atoms with Crippen LogP contribution in [0.5, 0.6) is 5.75 Å². The molecule has 1 aliphatic carbocycles. The first kappa shape index (κ1) is 12.7. The third kappa shape index (κ3) is 2.82. The Hall–Kier alpha value is -1.32. The molecule has 2 nitrogen and oxygen atoms in total. The van der Waals surface area contributed by atoms with Crippen molar-refractivity contribution in [1.82, 2.24) is 0 Å². The molecule has 0 aliphatic heterocycles. The second-order valence-corrected chi connectivity index (χ2v) is 5.75. The van der Waals surface area contributed by atoms with E-state index in [0.29, 0.717) is 6.61 Å². The third-order valence-corrected chi connectivity index (χ3v) is 3.95. The van der Waals surface area contributed by atoms with Gasteiger partial charge in [-0.15, -0.1) is 0 Å². The highest BCUT2D eigenvalue weighted by Crippen LogP contribution is 2.33. The SMILES string of the molecule is O[C@@H]1CCc2cc(OCc3cccc(Br)c3)ccc21. The van der Waals surface area contributed by atoms with Gasteiger partial charge in [-0.3, -0.25) is 0 Å². The van der Waals surface area contributed by atoms with Crippen LogP contribution in [0.4, 0.5) is 0 Å². The molecule has 2 aromatic carbocycles. The van der Waals surface area contributed by atoms with Crippen molar-refractivity contribution >= 4 is 15.9 Å². The van der Waals surface area contributed by atoms with Crippen molar-refractivity contribution in [3.63, 3.8) is 0 Å². The molecular weight excluding hydrogens is 304 g/mol. The predicted molar refractivity (Wildman–Crippen MR) is 78.2 cm³/mol. The zero-order valence-corrected chi connectivity index (χ0v) is 12.1. The van der Waals surface area contributed by atoms with E-state index in [-0.39, 0.29) is 6.10 Å². The summed E-state index contributed by atoms with van der Waals surface area (Å²) in [6.45, 7) is 0.556. The number of benzene rings is 2. The first-order valence-corrected chi connectivity index (χ1v) is 7.20. The average molecular weight is 319 g/mol. The minimum absolute atomic E-state index is 0.297. The molecule has 0 radical (unpaired) electrons. The van der Waals surface area contributed by atoms with E-state index in [1.807, 2.05) is 36.4 Å². The molecule has 3 heteroatoms. The predicted octanol–water partition coefficient (Wildman–Crippen LogP) is 4.01. The molecule has 1 aliphatic rings. The molecule has 0 spiro atoms. The summed E-state index contributed by atoms with van der Waals surface area (Å²) >= 11 is 3.45. The van der Waals surface area contributed by atoms with Crippen LogP contribution in [0.15, 0.2) is 46.9 Å². The molecule has 0 aromatic heterocycles. The Kier molecular flexibility index (Phi) is 3.58. The number of aliphatic hydroxyl groups excluding tert-OH is 1. The number of hydrogen-bond acceptors (Lipinski definition) is 2. The molecule has 19 heavy (non-hydrogen) atoms. The molecule has 1 N–H and O–H groups in total. The van der Waals surface area contributed by atoms with Crippen molar-refractivity contribution in [2.24, 2.45) is 0 Å². The van der Waals surface area contributed by atoms with E-state index in [2.05, 4.69) is 22.0 Å². The van der Waals surface area contributed by atoms with Gasteiger partial charge in [-0.25, -0.2) is 0 Å². The topological polar surface area (TPSA) is 29.5 Å². The first-order valence-electron chi connectivity index (χ1n) is 6.40. The normalized spacial score (nSPS) is 17.3. The fourth-order valence-electron chi connectivity index (χ4n) is 2.45. The minimum atomic E-state index is -0.297. The van der Waals surface area contributed by atoms with Gasteiger partial charge >= 0.3 is 0 Å². The van der Waals surface area contributed by atoms with Crippen molar-refractivity contribution < 1.29 is 9.84 Å². The standard InChI is InChI=1S/C16H15BrO2/c17-13-3-1-2-11(8-13)10-19-14-5-6-15-12(9-14)4-7-16(15)18/h1-3,5-6,8-9,16,18H,4,7,10H2/t16-/m1/s1. The number of fused-ring (bicyclic) bond motifs is 1. The van der Waals surface area contributed by atoms with Crippen LogP contribution in [0.25, 0.3) is 0 Å². The lowest BCUT2D eigenvalue weighted by molar-refractivity contribution is 0.180. The highest BCUT2D eigenvalue weighted by Gasteiger charge is 2.20. The summed E-state index contributed by atoms with van der Waals surface area (Å²) in [4.78, 5) is 0. The van der Waals surface area contributed by atoms with Crippen LogP contribution in [0, 0.1) is 0 Å². The average Bonchev–Trinajstić information content (AvgIpc) is 2.78. The molecule has 0 unspecified atom stereocenters. The summed E-state index contributed by atoms with van der Waals surface area (Å²) in [7, 11) is 0. The molecule has 2 aromatic rings. The molecule has 0 saturated heterocycles. The summed E-state index contributed by atoms with van der Waals surface area (Å²) in [5, 5.41) is 9.76. The van der Waals surface area contributed by atoms with Crippen molar-refractivity contribution in [3.8, 4) is 5.75 Å². The number of hydrogen-bond donors (Lipinski definition) is 1. The first-order chi connectivity index (χ1) is 9.22. The zero-order valence-electron chi connectivity index (χ0n) is 10.5. The van der Waals surface area contributed by atoms with Gasteiger partial charge in [0.25, 0.3) is 0 Å². The van der Waals surface area contributed by atoms with E-state index in [1.165, 1.54) is 5.56 Å². The number of halogens is 1. The summed E-state index contributed by atoms with van der Waals surface area (Å²) in [5.41, 5.74) is 3.39. The molecule has 0 bridgehead atoms. The summed E-state index contributed by atoms with van der Waals surface area (Å²) in [6, 6.07) is 14.1. The van der Waals surface area contributed by atoms with Crippen molar-refractivity contribution in [2.45, 2.75) is 25.6 Å². The van der Waals surface area contributed by atoms with Crippen molar-refractivity contribution in [1.29, 1.82) is 0 Å². The third-order valence-electron chi connectivity index (χ3n) is 3.46. The van der Waals surface area contributed by atoms with E-state index >= 15 is 0 Å². The molecule has 3 rings (SSSR count). The highest BCUT2D eigenvalue weighted by molar-refractivity contribution is 9.10. The maximum atomic E-state index is 9.76. The number of aryl methyl sites for hydroxylation is 1. The lowest BCUT2D eigenvalue weighted by Crippen LogP contribution is -1.96. The maximum Gasteiger partial charge on any atom is 0.120 e. The Bertz CT molecular complexity index is 595. The molecule has 0 saturated carbocycles. The summed E-state index contributed by atoms with van der Waals surface area (Å²) in [5.74, 6) is 0.868. The van der Waals surface area contributed by atoms with Gasteiger partial charge in [-0.1, -0.05) is 34.1 Å². The molecule has 0 amide bonds. The van der Waals surface area contributed by atoms with Gasteiger partial charge in [0, 0.05) is 4.47 Å². The van der Waals surface area contributed by atoms with Crippen molar-refractivity contribution in [3.05, 3.63) is 63.6 Å². The van der Waals surface area contributed by atoms with Crippen LogP contribution in [-0.2, 0) is 13.0 Å². The Balaban J connectivity index is 1.71. The van der Waals surface area contributed by atoms with E-state index in [4.69, 9.17) is 4.74 Å². The lowest BCUT2D eigenvalue weighted by atomic mass is 10.1.